The molecular formula is C11H11F3O. The van der Waals surface area contributed by atoms with Gasteiger partial charge >= 0.3 is 6.18 Å². The van der Waals surface area contributed by atoms with Crippen LogP contribution in [0.25, 0.3) is 6.08 Å². The molecule has 1 nitrogen and oxygen atoms in total. The van der Waals surface area contributed by atoms with Crippen LogP contribution in [0, 0.1) is 0 Å². The summed E-state index contributed by atoms with van der Waals surface area (Å²) in [5.74, 6) is 0. The van der Waals surface area contributed by atoms with Crippen LogP contribution in [-0.4, -0.2) is 11.2 Å². The van der Waals surface area contributed by atoms with E-state index in [4.69, 9.17) is 5.11 Å². The Morgan fingerprint density at radius 3 is 2.13 bits per heavy atom. The smallest absolute Gasteiger partial charge is 0.389 e. The Morgan fingerprint density at radius 1 is 1.20 bits per heavy atom. The molecule has 0 saturated carbocycles. The largest absolute Gasteiger partial charge is 0.416 e. The van der Waals surface area contributed by atoms with Crippen LogP contribution in [0.2, 0.25) is 0 Å². The number of alkyl halides is 3. The third kappa shape index (κ3) is 3.75. The number of hydrogen-bond acceptors (Lipinski definition) is 1. The van der Waals surface area contributed by atoms with Gasteiger partial charge in [-0.15, -0.1) is 0 Å². The highest BCUT2D eigenvalue weighted by Crippen LogP contribution is 2.29. The lowest BCUT2D eigenvalue weighted by Gasteiger charge is -2.05. The highest BCUT2D eigenvalue weighted by molar-refractivity contribution is 5.50. The Morgan fingerprint density at radius 2 is 1.73 bits per heavy atom. The van der Waals surface area contributed by atoms with Gasteiger partial charge in [0.05, 0.1) is 11.7 Å². The molecule has 0 radical (unpaired) electrons. The first-order valence-corrected chi connectivity index (χ1v) is 4.43. The number of hydrogen-bond donors (Lipinski definition) is 1. The van der Waals surface area contributed by atoms with Crippen molar-refractivity contribution in [1.29, 1.82) is 0 Å². The van der Waals surface area contributed by atoms with E-state index < -0.39 is 17.8 Å². The molecule has 1 aromatic rings. The second-order valence-electron chi connectivity index (χ2n) is 3.22. The van der Waals surface area contributed by atoms with Crippen molar-refractivity contribution < 1.29 is 18.3 Å². The van der Waals surface area contributed by atoms with Crippen molar-refractivity contribution in [3.05, 3.63) is 41.5 Å². The van der Waals surface area contributed by atoms with E-state index in [1.54, 1.807) is 13.0 Å². The number of halogens is 3. The van der Waals surface area contributed by atoms with Crippen LogP contribution in [0.5, 0.6) is 0 Å². The molecule has 0 fully saturated rings. The molecule has 82 valence electrons. The molecule has 4 heteroatoms. The summed E-state index contributed by atoms with van der Waals surface area (Å²) >= 11 is 0. The maximum Gasteiger partial charge on any atom is 0.416 e. The fourth-order valence-electron chi connectivity index (χ4n) is 1.03. The summed E-state index contributed by atoms with van der Waals surface area (Å²) in [5, 5.41) is 8.93. The summed E-state index contributed by atoms with van der Waals surface area (Å²) in [7, 11) is 0. The quantitative estimate of drug-likeness (QED) is 0.805. The average molecular weight is 216 g/mol. The summed E-state index contributed by atoms with van der Waals surface area (Å²) in [4.78, 5) is 0. The minimum atomic E-state index is -4.30. The third-order valence-electron chi connectivity index (χ3n) is 1.81. The van der Waals surface area contributed by atoms with Gasteiger partial charge in [-0.1, -0.05) is 24.3 Å². The Labute approximate surface area is 85.9 Å². The molecule has 0 aromatic heterocycles. The molecule has 0 aliphatic carbocycles. The van der Waals surface area contributed by atoms with Gasteiger partial charge in [0, 0.05) is 0 Å². The van der Waals surface area contributed by atoms with E-state index in [0.717, 1.165) is 12.1 Å². The summed E-state index contributed by atoms with van der Waals surface area (Å²) in [5.41, 5.74) is -0.0411. The van der Waals surface area contributed by atoms with Crippen molar-refractivity contribution in [2.24, 2.45) is 0 Å². The van der Waals surface area contributed by atoms with Gasteiger partial charge in [-0.25, -0.2) is 0 Å². The van der Waals surface area contributed by atoms with E-state index >= 15 is 0 Å². The van der Waals surface area contributed by atoms with Crippen LogP contribution in [0.4, 0.5) is 13.2 Å². The molecule has 0 spiro atoms. The maximum absolute atomic E-state index is 12.2. The second kappa shape index (κ2) is 4.49. The fraction of sp³-hybridized carbons (Fsp3) is 0.273. The number of benzene rings is 1. The maximum atomic E-state index is 12.2. The Hall–Kier alpha value is -1.29. The monoisotopic (exact) mass is 216 g/mol. The Bertz CT molecular complexity index is 336. The molecule has 0 saturated heterocycles. The number of aliphatic hydroxyl groups is 1. The molecule has 0 aliphatic heterocycles. The lowest BCUT2D eigenvalue weighted by molar-refractivity contribution is -0.137. The van der Waals surface area contributed by atoms with Gasteiger partial charge in [0.25, 0.3) is 0 Å². The minimum Gasteiger partial charge on any atom is -0.389 e. The zero-order chi connectivity index (χ0) is 11.5. The van der Waals surface area contributed by atoms with Gasteiger partial charge in [0.1, 0.15) is 0 Å². The molecule has 0 unspecified atom stereocenters. The molecule has 0 amide bonds. The first-order valence-electron chi connectivity index (χ1n) is 4.43. The SMILES string of the molecule is C[C@H](O)C=Cc1ccc(C(F)(F)F)cc1. The first-order chi connectivity index (χ1) is 6.89. The molecule has 1 aromatic carbocycles. The van der Waals surface area contributed by atoms with Crippen LogP contribution in [0.1, 0.15) is 18.1 Å². The van der Waals surface area contributed by atoms with Crippen LogP contribution in [0.3, 0.4) is 0 Å². The van der Waals surface area contributed by atoms with Crippen LogP contribution < -0.4 is 0 Å². The topological polar surface area (TPSA) is 20.2 Å². The number of aliphatic hydroxyl groups excluding tert-OH is 1. The van der Waals surface area contributed by atoms with Gasteiger partial charge in [-0.3, -0.25) is 0 Å². The Balaban J connectivity index is 2.82. The lowest BCUT2D eigenvalue weighted by atomic mass is 10.1. The van der Waals surface area contributed by atoms with E-state index in [2.05, 4.69) is 0 Å². The summed E-state index contributed by atoms with van der Waals surface area (Å²) in [6.07, 6.45) is -1.83. The van der Waals surface area contributed by atoms with Crippen molar-refractivity contribution in [1.82, 2.24) is 0 Å². The van der Waals surface area contributed by atoms with Gasteiger partial charge in [-0.2, -0.15) is 13.2 Å². The van der Waals surface area contributed by atoms with Crippen LogP contribution in [0.15, 0.2) is 30.3 Å². The zero-order valence-electron chi connectivity index (χ0n) is 8.12. The molecule has 1 atom stereocenters. The molecule has 0 aliphatic rings. The molecule has 15 heavy (non-hydrogen) atoms. The van der Waals surface area contributed by atoms with E-state index in [-0.39, 0.29) is 0 Å². The fourth-order valence-corrected chi connectivity index (χ4v) is 1.03. The highest BCUT2D eigenvalue weighted by Gasteiger charge is 2.29. The van der Waals surface area contributed by atoms with Gasteiger partial charge in [0.15, 0.2) is 0 Å². The van der Waals surface area contributed by atoms with Gasteiger partial charge in [0.2, 0.25) is 0 Å². The van der Waals surface area contributed by atoms with E-state index in [1.807, 2.05) is 0 Å². The van der Waals surface area contributed by atoms with Gasteiger partial charge < -0.3 is 5.11 Å². The van der Waals surface area contributed by atoms with Crippen LogP contribution in [-0.2, 0) is 6.18 Å². The van der Waals surface area contributed by atoms with Crippen molar-refractivity contribution in [2.45, 2.75) is 19.2 Å². The lowest BCUT2D eigenvalue weighted by Crippen LogP contribution is -2.04. The third-order valence-corrected chi connectivity index (χ3v) is 1.81. The normalized spacial score (nSPS) is 14.5. The molecular weight excluding hydrogens is 205 g/mol. The molecule has 0 bridgehead atoms. The van der Waals surface area contributed by atoms with Crippen LogP contribution >= 0.6 is 0 Å². The molecule has 1 N–H and O–H groups in total. The number of rotatable bonds is 2. The summed E-state index contributed by atoms with van der Waals surface area (Å²) in [6.45, 7) is 1.57. The standard InChI is InChI=1S/C11H11F3O/c1-8(15)2-3-9-4-6-10(7-5-9)11(12,13)14/h2-8,15H,1H3/t8-/m0/s1. The summed E-state index contributed by atoms with van der Waals surface area (Å²) < 4.78 is 36.5. The minimum absolute atomic E-state index is 0.604. The van der Waals surface area contributed by atoms with E-state index in [1.165, 1.54) is 18.2 Å². The molecule has 0 heterocycles. The average Bonchev–Trinajstić information content (AvgIpc) is 2.14. The van der Waals surface area contributed by atoms with Gasteiger partial charge in [-0.05, 0) is 24.6 Å². The predicted octanol–water partition coefficient (Wildman–Crippen LogP) is 3.10. The van der Waals surface area contributed by atoms with Crippen molar-refractivity contribution in [2.75, 3.05) is 0 Å². The predicted molar refractivity (Wildman–Crippen MR) is 52.2 cm³/mol. The first kappa shape index (κ1) is 11.8. The molecule has 1 rings (SSSR count). The Kier molecular flexibility index (Phi) is 3.52. The van der Waals surface area contributed by atoms with Crippen molar-refractivity contribution in [3.8, 4) is 0 Å². The highest BCUT2D eigenvalue weighted by atomic mass is 19.4. The second-order valence-corrected chi connectivity index (χ2v) is 3.22. The summed E-state index contributed by atoms with van der Waals surface area (Å²) in [6, 6.07) is 4.76. The van der Waals surface area contributed by atoms with E-state index in [9.17, 15) is 13.2 Å². The van der Waals surface area contributed by atoms with Crippen molar-refractivity contribution >= 4 is 6.08 Å². The zero-order valence-corrected chi connectivity index (χ0v) is 8.12. The van der Waals surface area contributed by atoms with Crippen molar-refractivity contribution in [3.63, 3.8) is 0 Å². The van der Waals surface area contributed by atoms with E-state index in [0.29, 0.717) is 5.56 Å².